The number of hydrogen-bond acceptors (Lipinski definition) is 1. The molecule has 0 aromatic rings. The van der Waals surface area contributed by atoms with Gasteiger partial charge in [0.15, 0.2) is 0 Å². The summed E-state index contributed by atoms with van der Waals surface area (Å²) in [7, 11) is 0. The number of rotatable bonds is 11. The van der Waals surface area contributed by atoms with Crippen molar-refractivity contribution in [2.24, 2.45) is 5.92 Å². The minimum atomic E-state index is 0.756. The molecular weight excluding hydrogens is 194 g/mol. The van der Waals surface area contributed by atoms with E-state index in [2.05, 4.69) is 33.0 Å². The van der Waals surface area contributed by atoms with Crippen LogP contribution < -0.4 is 5.32 Å². The molecule has 0 aromatic carbocycles. The highest BCUT2D eigenvalue weighted by molar-refractivity contribution is 4.72. The van der Waals surface area contributed by atoms with Crippen LogP contribution in [0, 0.1) is 5.92 Å². The van der Waals surface area contributed by atoms with Crippen molar-refractivity contribution in [1.82, 2.24) is 5.32 Å². The SMILES string of the molecule is CCCCCCCC(NCC)C(C)CCC. The molecule has 2 atom stereocenters. The van der Waals surface area contributed by atoms with Gasteiger partial charge in [-0.3, -0.25) is 0 Å². The van der Waals surface area contributed by atoms with Gasteiger partial charge >= 0.3 is 0 Å². The van der Waals surface area contributed by atoms with Crippen LogP contribution in [0.4, 0.5) is 0 Å². The Hall–Kier alpha value is -0.0400. The van der Waals surface area contributed by atoms with Crippen molar-refractivity contribution in [3.05, 3.63) is 0 Å². The molecule has 0 aromatic heterocycles. The summed E-state index contributed by atoms with van der Waals surface area (Å²) in [4.78, 5) is 0. The van der Waals surface area contributed by atoms with E-state index in [-0.39, 0.29) is 0 Å². The Morgan fingerprint density at radius 3 is 2.06 bits per heavy atom. The summed E-state index contributed by atoms with van der Waals surface area (Å²) in [6, 6.07) is 0.756. The van der Waals surface area contributed by atoms with Crippen LogP contribution in [-0.2, 0) is 0 Å². The van der Waals surface area contributed by atoms with Gasteiger partial charge in [-0.05, 0) is 25.3 Å². The Balaban J connectivity index is 3.66. The van der Waals surface area contributed by atoms with E-state index in [0.29, 0.717) is 0 Å². The third kappa shape index (κ3) is 8.15. The Bertz CT molecular complexity index is 133. The first kappa shape index (κ1) is 16.0. The van der Waals surface area contributed by atoms with Crippen LogP contribution >= 0.6 is 0 Å². The van der Waals surface area contributed by atoms with Gasteiger partial charge in [-0.25, -0.2) is 0 Å². The maximum Gasteiger partial charge on any atom is 0.00925 e. The molecule has 1 heteroatoms. The van der Waals surface area contributed by atoms with Gasteiger partial charge < -0.3 is 5.32 Å². The topological polar surface area (TPSA) is 12.0 Å². The second-order valence-corrected chi connectivity index (χ2v) is 5.13. The second kappa shape index (κ2) is 11.4. The summed E-state index contributed by atoms with van der Waals surface area (Å²) in [5.41, 5.74) is 0. The van der Waals surface area contributed by atoms with Crippen molar-refractivity contribution >= 4 is 0 Å². The molecule has 0 saturated heterocycles. The molecule has 1 N–H and O–H groups in total. The van der Waals surface area contributed by atoms with Crippen molar-refractivity contribution in [3.8, 4) is 0 Å². The van der Waals surface area contributed by atoms with Gasteiger partial charge in [-0.2, -0.15) is 0 Å². The third-order valence-electron chi connectivity index (χ3n) is 3.52. The van der Waals surface area contributed by atoms with Crippen molar-refractivity contribution in [3.63, 3.8) is 0 Å². The molecule has 0 aliphatic rings. The zero-order valence-corrected chi connectivity index (χ0v) is 12.0. The van der Waals surface area contributed by atoms with E-state index in [1.807, 2.05) is 0 Å². The van der Waals surface area contributed by atoms with Gasteiger partial charge in [-0.1, -0.05) is 66.2 Å². The zero-order chi connectivity index (χ0) is 12.2. The summed E-state index contributed by atoms with van der Waals surface area (Å²) in [5.74, 6) is 0.844. The summed E-state index contributed by atoms with van der Waals surface area (Å²) in [6.45, 7) is 10.3. The molecular formula is C15H33N. The molecule has 0 bridgehead atoms. The Morgan fingerprint density at radius 1 is 0.812 bits per heavy atom. The maximum atomic E-state index is 3.66. The smallest absolute Gasteiger partial charge is 0.00925 e. The van der Waals surface area contributed by atoms with Crippen molar-refractivity contribution in [2.75, 3.05) is 6.54 Å². The molecule has 0 fully saturated rings. The lowest BCUT2D eigenvalue weighted by Crippen LogP contribution is -2.34. The Morgan fingerprint density at radius 2 is 1.50 bits per heavy atom. The average Bonchev–Trinajstić information content (AvgIpc) is 2.27. The first-order valence-corrected chi connectivity index (χ1v) is 7.49. The predicted molar refractivity (Wildman–Crippen MR) is 74.9 cm³/mol. The minimum absolute atomic E-state index is 0.756. The molecule has 98 valence electrons. The number of unbranched alkanes of at least 4 members (excludes halogenated alkanes) is 4. The third-order valence-corrected chi connectivity index (χ3v) is 3.52. The van der Waals surface area contributed by atoms with Crippen LogP contribution in [0.25, 0.3) is 0 Å². The minimum Gasteiger partial charge on any atom is -0.314 e. The molecule has 0 aliphatic heterocycles. The lowest BCUT2D eigenvalue weighted by molar-refractivity contribution is 0.332. The molecule has 2 unspecified atom stereocenters. The first-order chi connectivity index (χ1) is 7.76. The van der Waals surface area contributed by atoms with Gasteiger partial charge in [0.1, 0.15) is 0 Å². The summed E-state index contributed by atoms with van der Waals surface area (Å²) >= 11 is 0. The fraction of sp³-hybridized carbons (Fsp3) is 1.00. The van der Waals surface area contributed by atoms with Crippen molar-refractivity contribution in [1.29, 1.82) is 0 Å². The van der Waals surface area contributed by atoms with Crippen LogP contribution in [0.2, 0.25) is 0 Å². The van der Waals surface area contributed by atoms with Crippen LogP contribution in [0.5, 0.6) is 0 Å². The Labute approximate surface area is 103 Å². The van der Waals surface area contributed by atoms with E-state index >= 15 is 0 Å². The molecule has 0 aliphatic carbocycles. The zero-order valence-electron chi connectivity index (χ0n) is 12.0. The molecule has 16 heavy (non-hydrogen) atoms. The molecule has 1 nitrogen and oxygen atoms in total. The van der Waals surface area contributed by atoms with Gasteiger partial charge in [0, 0.05) is 6.04 Å². The normalized spacial score (nSPS) is 15.0. The van der Waals surface area contributed by atoms with Gasteiger partial charge in [0.2, 0.25) is 0 Å². The fourth-order valence-electron chi connectivity index (χ4n) is 2.47. The van der Waals surface area contributed by atoms with E-state index in [1.54, 1.807) is 0 Å². The number of nitrogens with one attached hydrogen (secondary N) is 1. The molecule has 0 spiro atoms. The lowest BCUT2D eigenvalue weighted by atomic mass is 9.92. The molecule has 0 amide bonds. The molecule has 0 radical (unpaired) electrons. The fourth-order valence-corrected chi connectivity index (χ4v) is 2.47. The van der Waals surface area contributed by atoms with Crippen molar-refractivity contribution < 1.29 is 0 Å². The van der Waals surface area contributed by atoms with Gasteiger partial charge in [0.05, 0.1) is 0 Å². The molecule has 0 saturated carbocycles. The van der Waals surface area contributed by atoms with E-state index in [9.17, 15) is 0 Å². The van der Waals surface area contributed by atoms with Gasteiger partial charge in [-0.15, -0.1) is 0 Å². The largest absolute Gasteiger partial charge is 0.314 e. The number of hydrogen-bond donors (Lipinski definition) is 1. The highest BCUT2D eigenvalue weighted by Gasteiger charge is 2.14. The van der Waals surface area contributed by atoms with Crippen LogP contribution in [0.15, 0.2) is 0 Å². The van der Waals surface area contributed by atoms with Gasteiger partial charge in [0.25, 0.3) is 0 Å². The highest BCUT2D eigenvalue weighted by atomic mass is 14.9. The standard InChI is InChI=1S/C15H33N/c1-5-8-9-10-11-13-15(16-7-3)14(4)12-6-2/h14-16H,5-13H2,1-4H3. The van der Waals surface area contributed by atoms with Crippen LogP contribution in [0.3, 0.4) is 0 Å². The van der Waals surface area contributed by atoms with Crippen LogP contribution in [0.1, 0.15) is 79.1 Å². The summed E-state index contributed by atoms with van der Waals surface area (Å²) in [6.07, 6.45) is 11.1. The van der Waals surface area contributed by atoms with E-state index < -0.39 is 0 Å². The predicted octanol–water partition coefficient (Wildman–Crippen LogP) is 4.76. The molecule has 0 heterocycles. The maximum absolute atomic E-state index is 3.66. The average molecular weight is 227 g/mol. The Kier molecular flexibility index (Phi) is 11.4. The molecule has 0 rings (SSSR count). The summed E-state index contributed by atoms with van der Waals surface area (Å²) < 4.78 is 0. The van der Waals surface area contributed by atoms with E-state index in [1.165, 1.54) is 51.4 Å². The monoisotopic (exact) mass is 227 g/mol. The quantitative estimate of drug-likeness (QED) is 0.502. The van der Waals surface area contributed by atoms with Crippen LogP contribution in [-0.4, -0.2) is 12.6 Å². The summed E-state index contributed by atoms with van der Waals surface area (Å²) in [5, 5.41) is 3.66. The highest BCUT2D eigenvalue weighted by Crippen LogP contribution is 2.17. The lowest BCUT2D eigenvalue weighted by Gasteiger charge is -2.24. The second-order valence-electron chi connectivity index (χ2n) is 5.13. The van der Waals surface area contributed by atoms with E-state index in [0.717, 1.165) is 18.5 Å². The first-order valence-electron chi connectivity index (χ1n) is 7.49. The van der Waals surface area contributed by atoms with Crippen molar-refractivity contribution in [2.45, 2.75) is 85.1 Å². The van der Waals surface area contributed by atoms with E-state index in [4.69, 9.17) is 0 Å².